The number of hydrogen-bond acceptors (Lipinski definition) is 19. The highest BCUT2D eigenvalue weighted by Gasteiger charge is 2.45. The molecule has 4 aliphatic heterocycles. The van der Waals surface area contributed by atoms with Gasteiger partial charge in [0.15, 0.2) is 0 Å². The van der Waals surface area contributed by atoms with Crippen molar-refractivity contribution in [3.63, 3.8) is 0 Å². The van der Waals surface area contributed by atoms with Crippen LogP contribution < -0.4 is 47.8 Å². The quantitative estimate of drug-likeness (QED) is 0.0538. The van der Waals surface area contributed by atoms with Gasteiger partial charge in [0.1, 0.15) is 35.6 Å². The molecule has 5 N–H and O–H groups in total. The minimum absolute atomic E-state index is 0.0284. The molecule has 0 bridgehead atoms. The number of halogens is 3. The molecular weight excluding hydrogens is 1440 g/mol. The second kappa shape index (κ2) is 30.0. The summed E-state index contributed by atoms with van der Waals surface area (Å²) >= 11 is 0. The number of carbonyl (C=O) groups is 6. The Balaban J connectivity index is 0.717. The number of hydrogen-bond donors (Lipinski definition) is 5. The number of benzene rings is 3. The van der Waals surface area contributed by atoms with Gasteiger partial charge in [-0.25, -0.2) is 19.1 Å². The van der Waals surface area contributed by atoms with Gasteiger partial charge in [-0.05, 0) is 162 Å². The highest BCUT2D eigenvalue weighted by atomic mass is 19.4. The number of aromatic nitrogens is 10. The van der Waals surface area contributed by atoms with E-state index >= 15 is 4.79 Å². The molecule has 11 heterocycles. The Labute approximate surface area is 639 Å². The molecule has 29 nitrogen and oxygen atoms in total. The number of nitrogens with zero attached hydrogens (tertiary/aromatic N) is 16. The number of piperazine rings is 2. The summed E-state index contributed by atoms with van der Waals surface area (Å²) in [5.74, 6) is -2.61. The van der Waals surface area contributed by atoms with E-state index in [0.717, 1.165) is 55.9 Å². The summed E-state index contributed by atoms with van der Waals surface area (Å²) in [7, 11) is 3.43. The van der Waals surface area contributed by atoms with E-state index in [2.05, 4.69) is 68.4 Å². The van der Waals surface area contributed by atoms with Crippen LogP contribution in [0.2, 0.25) is 0 Å². The highest BCUT2D eigenvalue weighted by Crippen LogP contribution is 2.49. The Hall–Kier alpha value is -12.0. The van der Waals surface area contributed by atoms with Crippen molar-refractivity contribution >= 4 is 96.7 Å². The third-order valence-electron chi connectivity index (χ3n) is 23.7. The topological polar surface area (TPSA) is 338 Å². The molecule has 4 unspecified atom stereocenters. The summed E-state index contributed by atoms with van der Waals surface area (Å²) in [6.45, 7) is 10.8. The number of para-hydroxylation sites is 2. The third kappa shape index (κ3) is 14.2. The van der Waals surface area contributed by atoms with Crippen molar-refractivity contribution < 1.29 is 41.9 Å². The molecule has 7 aromatic heterocycles. The Morgan fingerprint density at radius 3 is 1.83 bits per heavy atom. The van der Waals surface area contributed by atoms with Crippen molar-refractivity contribution in [1.29, 1.82) is 10.5 Å². The number of nitriles is 2. The summed E-state index contributed by atoms with van der Waals surface area (Å²) < 4.78 is 51.2. The summed E-state index contributed by atoms with van der Waals surface area (Å²) in [5.41, 5.74) is 5.92. The van der Waals surface area contributed by atoms with E-state index in [1.165, 1.54) is 21.4 Å². The smallest absolute Gasteiger partial charge is 0.382 e. The molecule has 6 aliphatic rings. The van der Waals surface area contributed by atoms with Crippen LogP contribution >= 0.6 is 0 Å². The van der Waals surface area contributed by atoms with Crippen molar-refractivity contribution in [2.45, 2.75) is 114 Å². The van der Waals surface area contributed by atoms with Gasteiger partial charge in [0.25, 0.3) is 11.8 Å². The third-order valence-corrected chi connectivity index (χ3v) is 23.7. The number of fused-ring (bicyclic) bond motifs is 4. The van der Waals surface area contributed by atoms with Crippen LogP contribution in [0.4, 0.5) is 35.9 Å². The second-order valence-corrected chi connectivity index (χ2v) is 30.9. The number of anilines is 4. The Morgan fingerprint density at radius 2 is 1.25 bits per heavy atom. The molecule has 0 radical (unpaired) electrons. The van der Waals surface area contributed by atoms with E-state index in [0.29, 0.717) is 138 Å². The SMILES string of the molecule is CC(C)Nc1cc(-c2ccc3cc(C#N)cnn23)ncc1C(=O)N[C@H]1CC[C@H](CN2CCN(c3cccc4c3n(C)c(=O)n4C3CCC(=O)NC3=O)CC2)C(C2C[C@@H](n3cc4cc(NC(=O)c5cccc(C(F)(F)F)n5)c(C#N)cc4n3)CC[C@@H]2CN2CCN(c3cccc4c3n(C)c(=O)n4C3CCC(=O)NC3=O)CC2)C1. The van der Waals surface area contributed by atoms with Crippen molar-refractivity contribution in [3.8, 4) is 23.5 Å². The Kier molecular flexibility index (Phi) is 19.8. The van der Waals surface area contributed by atoms with E-state index in [-0.39, 0.29) is 108 Å². The second-order valence-electron chi connectivity index (χ2n) is 30.9. The van der Waals surface area contributed by atoms with Crippen LogP contribution in [0, 0.1) is 46.3 Å². The molecule has 3 aromatic carbocycles. The first-order valence-electron chi connectivity index (χ1n) is 38.2. The Bertz CT molecular complexity index is 5660. The zero-order valence-corrected chi connectivity index (χ0v) is 62.3. The fraction of sp³-hybridized carbons (Fsp3) is 0.425. The number of carbonyl (C=O) groups excluding carboxylic acids is 6. The number of amides is 6. The van der Waals surface area contributed by atoms with E-state index < -0.39 is 47.4 Å². The average Bonchev–Trinajstić information content (AvgIpc) is 1.58. The number of rotatable bonds is 17. The van der Waals surface area contributed by atoms with Crippen LogP contribution in [-0.4, -0.2) is 170 Å². The molecule has 578 valence electrons. The van der Waals surface area contributed by atoms with E-state index in [4.69, 9.17) is 10.1 Å². The van der Waals surface area contributed by atoms with Crippen LogP contribution in [0.3, 0.4) is 0 Å². The van der Waals surface area contributed by atoms with Crippen LogP contribution in [0.15, 0.2) is 119 Å². The molecule has 0 spiro atoms. The predicted octanol–water partition coefficient (Wildman–Crippen LogP) is 8.05. The van der Waals surface area contributed by atoms with Gasteiger partial charge in [-0.1, -0.05) is 18.2 Å². The molecule has 10 aromatic rings. The van der Waals surface area contributed by atoms with Gasteiger partial charge in [0.05, 0.1) is 96.2 Å². The summed E-state index contributed by atoms with van der Waals surface area (Å²) in [5, 5.41) is 44.9. The molecule has 4 saturated heterocycles. The lowest BCUT2D eigenvalue weighted by Crippen LogP contribution is -2.53. The molecule has 32 heteroatoms. The monoisotopic (exact) mass is 1520 g/mol. The number of nitrogens with one attached hydrogen (secondary N) is 5. The first-order valence-corrected chi connectivity index (χ1v) is 38.2. The first-order chi connectivity index (χ1) is 53.9. The number of alkyl halides is 3. The molecule has 112 heavy (non-hydrogen) atoms. The normalized spacial score (nSPS) is 22.3. The van der Waals surface area contributed by atoms with Gasteiger partial charge in [-0.2, -0.15) is 33.9 Å². The molecule has 6 fully saturated rings. The van der Waals surface area contributed by atoms with Gasteiger partial charge in [0.2, 0.25) is 23.6 Å². The van der Waals surface area contributed by atoms with Gasteiger partial charge in [0, 0.05) is 122 Å². The van der Waals surface area contributed by atoms with Crippen molar-refractivity contribution in [2.24, 2.45) is 37.8 Å². The summed E-state index contributed by atoms with van der Waals surface area (Å²) in [6, 6.07) is 27.2. The van der Waals surface area contributed by atoms with Crippen molar-refractivity contribution in [3.05, 3.63) is 159 Å². The lowest BCUT2D eigenvalue weighted by molar-refractivity contribution is -0.141. The standard InChI is InChI=1S/C80H84F3N21O8/c1-45(2)88-60-37-61(62-19-18-53-32-46(38-84)40-87-104(53)62)86-41-56(60)74(107)89-51-16-14-47(42-97-24-28-99(29-25-97)63-9-6-11-65-72(63)95(3)78(111)102(65)67-20-22-70(105)92-76(67)109)54(35-51)55-36-52(101-44-50-34-58(49(39-85)33-59(50)94-101)91-75(108)57-8-5-13-69(90-57)80(81,82)83)17-15-48(55)43-98-26-30-100(31-27-98)64-10-7-12-66-73(64)96(4)79(112)103(66)68-21-23-71(106)93-77(68)110/h5-13,18-19,32-34,37,40-41,44-45,47-48,51-52,54-55,67-68H,14-17,20-31,35-36,42-43H2,1-4H3,(H,86,88)(H,89,107)(H,91,108)(H,92,105,109)(H,93,106,110)/t47-,48-,51+,52+,54?,55?,67?,68?/m1/s1. The van der Waals surface area contributed by atoms with Gasteiger partial charge in [-0.15, -0.1) is 0 Å². The van der Waals surface area contributed by atoms with Crippen molar-refractivity contribution in [1.82, 2.24) is 73.4 Å². The maximum Gasteiger partial charge on any atom is 0.433 e. The lowest BCUT2D eigenvalue weighted by atomic mass is 9.62. The molecule has 8 atom stereocenters. The van der Waals surface area contributed by atoms with Crippen LogP contribution in [0.25, 0.3) is 49.9 Å². The zero-order chi connectivity index (χ0) is 78.1. The summed E-state index contributed by atoms with van der Waals surface area (Å²) in [4.78, 5) is 126. The molecule has 16 rings (SSSR count). The zero-order valence-electron chi connectivity index (χ0n) is 62.3. The highest BCUT2D eigenvalue weighted by molar-refractivity contribution is 6.05. The number of aryl methyl sites for hydroxylation is 2. The number of piperidine rings is 2. The lowest BCUT2D eigenvalue weighted by Gasteiger charge is -2.49. The minimum atomic E-state index is -4.80. The molecule has 6 amide bonds. The van der Waals surface area contributed by atoms with Gasteiger partial charge < -0.3 is 25.8 Å². The van der Waals surface area contributed by atoms with Gasteiger partial charge in [-0.3, -0.25) is 77.1 Å². The number of pyridine rings is 2. The van der Waals surface area contributed by atoms with Crippen LogP contribution in [0.1, 0.15) is 134 Å². The van der Waals surface area contributed by atoms with E-state index in [9.17, 15) is 57.3 Å². The first kappa shape index (κ1) is 74.1. The number of imide groups is 2. The molecule has 2 aliphatic carbocycles. The molecule has 2 saturated carbocycles. The largest absolute Gasteiger partial charge is 0.433 e. The fourth-order valence-electron chi connectivity index (χ4n) is 18.3. The number of imidazole rings is 2. The maximum atomic E-state index is 15.2. The fourth-order valence-corrected chi connectivity index (χ4v) is 18.3. The molecular formula is C80H84F3N21O8. The van der Waals surface area contributed by atoms with E-state index in [1.807, 2.05) is 79.3 Å². The predicted molar refractivity (Wildman–Crippen MR) is 410 cm³/mol. The van der Waals surface area contributed by atoms with Crippen molar-refractivity contribution in [2.75, 3.05) is 85.9 Å². The minimum Gasteiger partial charge on any atom is -0.382 e. The van der Waals surface area contributed by atoms with E-state index in [1.54, 1.807) is 52.1 Å². The van der Waals surface area contributed by atoms with Gasteiger partial charge >= 0.3 is 17.6 Å². The Morgan fingerprint density at radius 1 is 0.652 bits per heavy atom. The van der Waals surface area contributed by atoms with Crippen LogP contribution in [-0.2, 0) is 39.4 Å². The van der Waals surface area contributed by atoms with Crippen LogP contribution in [0.5, 0.6) is 0 Å². The summed E-state index contributed by atoms with van der Waals surface area (Å²) in [6.07, 6.45) is 5.17. The average molecular weight is 1520 g/mol. The maximum absolute atomic E-state index is 15.2.